The summed E-state index contributed by atoms with van der Waals surface area (Å²) in [5.74, 6) is 0.0241. The largest absolute Gasteiger partial charge is 0.333 e. The van der Waals surface area contributed by atoms with Gasteiger partial charge in [-0.2, -0.15) is 0 Å². The number of hydrogen-bond donors (Lipinski definition) is 1. The third kappa shape index (κ3) is 2.88. The van der Waals surface area contributed by atoms with Crippen molar-refractivity contribution in [2.24, 2.45) is 5.73 Å². The molecular formula is C14H21N3O. The summed E-state index contributed by atoms with van der Waals surface area (Å²) in [4.78, 5) is 18.7. The van der Waals surface area contributed by atoms with E-state index in [2.05, 4.69) is 4.98 Å². The van der Waals surface area contributed by atoms with Crippen LogP contribution in [0, 0.1) is 6.92 Å². The highest BCUT2D eigenvalue weighted by molar-refractivity contribution is 5.92. The fraction of sp³-hybridized carbons (Fsp3) is 0.571. The number of aryl methyl sites for hydroxylation is 1. The second-order valence-corrected chi connectivity index (χ2v) is 4.89. The zero-order chi connectivity index (χ0) is 13.0. The van der Waals surface area contributed by atoms with Crippen LogP contribution in [0.4, 0.5) is 0 Å². The molecule has 2 rings (SSSR count). The third-order valence-corrected chi connectivity index (χ3v) is 3.50. The van der Waals surface area contributed by atoms with E-state index < -0.39 is 0 Å². The Morgan fingerprint density at radius 2 is 2.17 bits per heavy atom. The first-order valence-electron chi connectivity index (χ1n) is 6.67. The maximum atomic E-state index is 12.5. The Labute approximate surface area is 108 Å². The second-order valence-electron chi connectivity index (χ2n) is 4.89. The lowest BCUT2D eigenvalue weighted by atomic mass is 10.2. The maximum Gasteiger partial charge on any atom is 0.272 e. The van der Waals surface area contributed by atoms with Gasteiger partial charge in [0.1, 0.15) is 5.69 Å². The van der Waals surface area contributed by atoms with Gasteiger partial charge in [-0.25, -0.2) is 4.98 Å². The minimum absolute atomic E-state index is 0.0241. The zero-order valence-corrected chi connectivity index (χ0v) is 10.9. The molecule has 0 aromatic carbocycles. The van der Waals surface area contributed by atoms with Crippen LogP contribution in [0.3, 0.4) is 0 Å². The Morgan fingerprint density at radius 3 is 2.78 bits per heavy atom. The van der Waals surface area contributed by atoms with Crippen LogP contribution < -0.4 is 5.73 Å². The average molecular weight is 247 g/mol. The molecule has 0 bridgehead atoms. The molecule has 1 aliphatic rings. The van der Waals surface area contributed by atoms with Gasteiger partial charge in [0.15, 0.2) is 0 Å². The number of pyridine rings is 1. The minimum atomic E-state index is 0.0241. The van der Waals surface area contributed by atoms with Gasteiger partial charge in [-0.05, 0) is 31.9 Å². The highest BCUT2D eigenvalue weighted by Crippen LogP contribution is 2.24. The molecule has 0 aliphatic heterocycles. The van der Waals surface area contributed by atoms with Crippen molar-refractivity contribution >= 4 is 5.91 Å². The van der Waals surface area contributed by atoms with Gasteiger partial charge in [0, 0.05) is 24.8 Å². The van der Waals surface area contributed by atoms with Crippen LogP contribution in [0.2, 0.25) is 0 Å². The van der Waals surface area contributed by atoms with Crippen molar-refractivity contribution in [1.82, 2.24) is 9.88 Å². The minimum Gasteiger partial charge on any atom is -0.333 e. The first kappa shape index (κ1) is 13.0. The topological polar surface area (TPSA) is 59.2 Å². The first-order chi connectivity index (χ1) is 8.72. The molecule has 0 saturated heterocycles. The number of carbonyl (C=O) groups is 1. The van der Waals surface area contributed by atoms with Crippen LogP contribution in [0.15, 0.2) is 18.2 Å². The molecule has 18 heavy (non-hydrogen) atoms. The predicted molar refractivity (Wildman–Crippen MR) is 71.3 cm³/mol. The van der Waals surface area contributed by atoms with E-state index >= 15 is 0 Å². The Balaban J connectivity index is 2.17. The molecule has 1 aromatic heterocycles. The van der Waals surface area contributed by atoms with E-state index in [1.807, 2.05) is 24.0 Å². The molecule has 0 radical (unpaired) electrons. The summed E-state index contributed by atoms with van der Waals surface area (Å²) in [6.07, 6.45) is 4.61. The van der Waals surface area contributed by atoms with Gasteiger partial charge >= 0.3 is 0 Å². The SMILES string of the molecule is Cc1cccc(C(=O)N(CCN)C2CCCC2)n1. The van der Waals surface area contributed by atoms with Gasteiger partial charge < -0.3 is 10.6 Å². The number of amides is 1. The molecule has 0 unspecified atom stereocenters. The van der Waals surface area contributed by atoms with Crippen LogP contribution in [0.1, 0.15) is 41.9 Å². The van der Waals surface area contributed by atoms with Crippen LogP contribution in [-0.2, 0) is 0 Å². The van der Waals surface area contributed by atoms with Crippen molar-refractivity contribution in [3.05, 3.63) is 29.6 Å². The van der Waals surface area contributed by atoms with Crippen molar-refractivity contribution in [3.8, 4) is 0 Å². The van der Waals surface area contributed by atoms with E-state index in [1.54, 1.807) is 6.07 Å². The molecule has 4 heteroatoms. The lowest BCUT2D eigenvalue weighted by Gasteiger charge is -2.28. The molecule has 0 atom stereocenters. The highest BCUT2D eigenvalue weighted by atomic mass is 16.2. The molecule has 2 N–H and O–H groups in total. The van der Waals surface area contributed by atoms with E-state index in [9.17, 15) is 4.79 Å². The Hall–Kier alpha value is -1.42. The lowest BCUT2D eigenvalue weighted by Crippen LogP contribution is -2.42. The van der Waals surface area contributed by atoms with Crippen LogP contribution in [0.25, 0.3) is 0 Å². The van der Waals surface area contributed by atoms with Crippen LogP contribution in [-0.4, -0.2) is 34.9 Å². The number of nitrogens with zero attached hydrogens (tertiary/aromatic N) is 2. The monoisotopic (exact) mass is 247 g/mol. The molecule has 1 aromatic rings. The molecule has 1 saturated carbocycles. The van der Waals surface area contributed by atoms with Gasteiger partial charge in [0.2, 0.25) is 0 Å². The fourth-order valence-electron chi connectivity index (χ4n) is 2.61. The molecule has 1 amide bonds. The van der Waals surface area contributed by atoms with Crippen molar-refractivity contribution in [2.75, 3.05) is 13.1 Å². The van der Waals surface area contributed by atoms with Gasteiger partial charge in [0.25, 0.3) is 5.91 Å². The van der Waals surface area contributed by atoms with Gasteiger partial charge in [-0.1, -0.05) is 18.9 Å². The Kier molecular flexibility index (Phi) is 4.31. The number of nitrogens with two attached hydrogens (primary N) is 1. The van der Waals surface area contributed by atoms with Crippen LogP contribution in [0.5, 0.6) is 0 Å². The Morgan fingerprint density at radius 1 is 1.44 bits per heavy atom. The van der Waals surface area contributed by atoms with E-state index in [0.29, 0.717) is 24.8 Å². The van der Waals surface area contributed by atoms with E-state index in [4.69, 9.17) is 5.73 Å². The fourth-order valence-corrected chi connectivity index (χ4v) is 2.61. The summed E-state index contributed by atoms with van der Waals surface area (Å²) >= 11 is 0. The molecule has 98 valence electrons. The molecule has 1 heterocycles. The van der Waals surface area contributed by atoms with Crippen molar-refractivity contribution in [2.45, 2.75) is 38.6 Å². The van der Waals surface area contributed by atoms with E-state index in [1.165, 1.54) is 12.8 Å². The van der Waals surface area contributed by atoms with Crippen LogP contribution >= 0.6 is 0 Å². The molecule has 4 nitrogen and oxygen atoms in total. The van der Waals surface area contributed by atoms with E-state index in [-0.39, 0.29) is 5.91 Å². The molecule has 0 spiro atoms. The average Bonchev–Trinajstić information content (AvgIpc) is 2.89. The summed E-state index contributed by atoms with van der Waals surface area (Å²) in [5, 5.41) is 0. The van der Waals surface area contributed by atoms with Crippen molar-refractivity contribution in [1.29, 1.82) is 0 Å². The molecule has 1 aliphatic carbocycles. The predicted octanol–water partition coefficient (Wildman–Crippen LogP) is 1.73. The summed E-state index contributed by atoms with van der Waals surface area (Å²) in [6.45, 7) is 3.03. The number of rotatable bonds is 4. The quantitative estimate of drug-likeness (QED) is 0.881. The van der Waals surface area contributed by atoms with Gasteiger partial charge in [-0.15, -0.1) is 0 Å². The zero-order valence-electron chi connectivity index (χ0n) is 10.9. The first-order valence-corrected chi connectivity index (χ1v) is 6.67. The lowest BCUT2D eigenvalue weighted by molar-refractivity contribution is 0.0682. The second kappa shape index (κ2) is 5.96. The highest BCUT2D eigenvalue weighted by Gasteiger charge is 2.27. The van der Waals surface area contributed by atoms with E-state index in [0.717, 1.165) is 18.5 Å². The maximum absolute atomic E-state index is 12.5. The molecule has 1 fully saturated rings. The van der Waals surface area contributed by atoms with Gasteiger partial charge in [-0.3, -0.25) is 4.79 Å². The summed E-state index contributed by atoms with van der Waals surface area (Å²) in [7, 11) is 0. The summed E-state index contributed by atoms with van der Waals surface area (Å²) in [6, 6.07) is 5.92. The van der Waals surface area contributed by atoms with Gasteiger partial charge in [0.05, 0.1) is 0 Å². The summed E-state index contributed by atoms with van der Waals surface area (Å²) < 4.78 is 0. The normalized spacial score (nSPS) is 15.9. The van der Waals surface area contributed by atoms with Crippen molar-refractivity contribution < 1.29 is 4.79 Å². The van der Waals surface area contributed by atoms with Crippen molar-refractivity contribution in [3.63, 3.8) is 0 Å². The molecular weight excluding hydrogens is 226 g/mol. The number of hydrogen-bond acceptors (Lipinski definition) is 3. The summed E-state index contributed by atoms with van der Waals surface area (Å²) in [5.41, 5.74) is 7.04. The number of aromatic nitrogens is 1. The smallest absolute Gasteiger partial charge is 0.272 e. The third-order valence-electron chi connectivity index (χ3n) is 3.50. The number of carbonyl (C=O) groups excluding carboxylic acids is 1. The standard InChI is InChI=1S/C14H21N3O/c1-11-5-4-8-13(16-11)14(18)17(10-9-15)12-6-2-3-7-12/h4-5,8,12H,2-3,6-7,9-10,15H2,1H3. The Bertz CT molecular complexity index is 413.